The van der Waals surface area contributed by atoms with Gasteiger partial charge in [0.1, 0.15) is 5.76 Å². The lowest BCUT2D eigenvalue weighted by atomic mass is 10.3. The fraction of sp³-hybridized carbons (Fsp3) is 0.222. The Morgan fingerprint density at radius 3 is 2.79 bits per heavy atom. The fourth-order valence-corrected chi connectivity index (χ4v) is 1.06. The monoisotopic (exact) mass is 192 g/mol. The van der Waals surface area contributed by atoms with Gasteiger partial charge in [-0.05, 0) is 13.8 Å². The molecular weight excluding hydrogens is 184 g/mol. The molecule has 0 spiro atoms. The molecule has 0 aromatic carbocycles. The molecule has 2 rings (SSSR count). The number of aldehydes is 1. The van der Waals surface area contributed by atoms with Gasteiger partial charge in [0.05, 0.1) is 17.5 Å². The molecule has 5 heteroatoms. The van der Waals surface area contributed by atoms with E-state index >= 15 is 0 Å². The van der Waals surface area contributed by atoms with E-state index in [-0.39, 0.29) is 5.76 Å². The van der Waals surface area contributed by atoms with E-state index in [1.54, 1.807) is 6.92 Å². The van der Waals surface area contributed by atoms with Crippen molar-refractivity contribution in [1.82, 2.24) is 10.1 Å². The molecule has 5 nitrogen and oxygen atoms in total. The lowest BCUT2D eigenvalue weighted by Gasteiger charge is -1.86. The first-order valence-electron chi connectivity index (χ1n) is 4.06. The van der Waals surface area contributed by atoms with Crippen LogP contribution in [0.2, 0.25) is 0 Å². The number of carbonyl (C=O) groups excluding carboxylic acids is 1. The largest absolute Gasteiger partial charge is 0.439 e. The standard InChI is InChI=1S/C9H8N2O3/c1-5-6(2)13-9(11-5)8-7(4-12)3-10-14-8/h3-4H,1-2H3. The molecular formula is C9H8N2O3. The number of hydrogen-bond donors (Lipinski definition) is 0. The molecule has 0 bridgehead atoms. The molecule has 0 radical (unpaired) electrons. The lowest BCUT2D eigenvalue weighted by molar-refractivity contribution is 0.112. The Hall–Kier alpha value is -1.91. The highest BCUT2D eigenvalue weighted by molar-refractivity contribution is 5.82. The molecule has 2 aromatic rings. The minimum atomic E-state index is 0.274. The van der Waals surface area contributed by atoms with E-state index in [1.807, 2.05) is 6.92 Å². The average molecular weight is 192 g/mol. The van der Waals surface area contributed by atoms with Crippen LogP contribution in [0.1, 0.15) is 21.8 Å². The van der Waals surface area contributed by atoms with Crippen molar-refractivity contribution < 1.29 is 13.7 Å². The zero-order valence-electron chi connectivity index (χ0n) is 7.77. The zero-order chi connectivity index (χ0) is 10.1. The average Bonchev–Trinajstić information content (AvgIpc) is 2.73. The minimum Gasteiger partial charge on any atom is -0.439 e. The summed E-state index contributed by atoms with van der Waals surface area (Å²) in [4.78, 5) is 14.7. The number of aromatic nitrogens is 2. The SMILES string of the molecule is Cc1nc(-c2oncc2C=O)oc1C. The Balaban J connectivity index is 2.54. The molecule has 0 aliphatic heterocycles. The van der Waals surface area contributed by atoms with Gasteiger partial charge in [-0.1, -0.05) is 5.16 Å². The smallest absolute Gasteiger partial charge is 0.266 e. The van der Waals surface area contributed by atoms with Gasteiger partial charge < -0.3 is 8.94 Å². The summed E-state index contributed by atoms with van der Waals surface area (Å²) in [6.07, 6.45) is 1.98. The predicted molar refractivity (Wildman–Crippen MR) is 46.9 cm³/mol. The molecule has 0 fully saturated rings. The minimum absolute atomic E-state index is 0.274. The van der Waals surface area contributed by atoms with Gasteiger partial charge in [0, 0.05) is 0 Å². The van der Waals surface area contributed by atoms with Gasteiger partial charge >= 0.3 is 0 Å². The number of carbonyl (C=O) groups is 1. The van der Waals surface area contributed by atoms with Crippen molar-refractivity contribution in [1.29, 1.82) is 0 Å². The van der Waals surface area contributed by atoms with Crippen LogP contribution >= 0.6 is 0 Å². The molecule has 72 valence electrons. The fourth-order valence-electron chi connectivity index (χ4n) is 1.06. The van der Waals surface area contributed by atoms with Gasteiger partial charge in [-0.2, -0.15) is 0 Å². The molecule has 0 amide bonds. The van der Waals surface area contributed by atoms with Crippen molar-refractivity contribution in [2.45, 2.75) is 13.8 Å². The van der Waals surface area contributed by atoms with E-state index in [2.05, 4.69) is 10.1 Å². The van der Waals surface area contributed by atoms with Crippen molar-refractivity contribution in [2.24, 2.45) is 0 Å². The summed E-state index contributed by atoms with van der Waals surface area (Å²) in [6.45, 7) is 3.61. The van der Waals surface area contributed by atoms with Gasteiger partial charge in [0.2, 0.25) is 5.76 Å². The van der Waals surface area contributed by atoms with Crippen LogP contribution in [0, 0.1) is 13.8 Å². The van der Waals surface area contributed by atoms with E-state index in [0.29, 0.717) is 23.5 Å². The summed E-state index contributed by atoms with van der Waals surface area (Å²) in [5.74, 6) is 1.27. The number of rotatable bonds is 2. The number of nitrogens with zero attached hydrogens (tertiary/aromatic N) is 2. The van der Waals surface area contributed by atoms with Crippen LogP contribution in [0.15, 0.2) is 15.1 Å². The third kappa shape index (κ3) is 1.22. The van der Waals surface area contributed by atoms with Crippen LogP contribution in [0.5, 0.6) is 0 Å². The Morgan fingerprint density at radius 1 is 1.43 bits per heavy atom. The molecule has 0 saturated heterocycles. The maximum Gasteiger partial charge on any atom is 0.266 e. The Kier molecular flexibility index (Phi) is 1.92. The van der Waals surface area contributed by atoms with Crippen molar-refractivity contribution in [3.05, 3.63) is 23.2 Å². The second-order valence-electron chi connectivity index (χ2n) is 2.89. The Morgan fingerprint density at radius 2 is 2.21 bits per heavy atom. The molecule has 0 aliphatic rings. The van der Waals surface area contributed by atoms with Crippen LogP contribution in [0.25, 0.3) is 11.7 Å². The predicted octanol–water partition coefficient (Wildman–Crippen LogP) is 1.76. The second-order valence-corrected chi connectivity index (χ2v) is 2.89. The van der Waals surface area contributed by atoms with Gasteiger partial charge in [-0.3, -0.25) is 4.79 Å². The maximum atomic E-state index is 10.6. The van der Waals surface area contributed by atoms with Gasteiger partial charge in [0.15, 0.2) is 6.29 Å². The lowest BCUT2D eigenvalue weighted by Crippen LogP contribution is -1.81. The highest BCUT2D eigenvalue weighted by Gasteiger charge is 2.16. The van der Waals surface area contributed by atoms with Crippen LogP contribution in [-0.2, 0) is 0 Å². The summed E-state index contributed by atoms with van der Waals surface area (Å²) >= 11 is 0. The van der Waals surface area contributed by atoms with Crippen LogP contribution in [0.3, 0.4) is 0 Å². The van der Waals surface area contributed by atoms with Crippen molar-refractivity contribution >= 4 is 6.29 Å². The number of oxazole rings is 1. The highest BCUT2D eigenvalue weighted by atomic mass is 16.5. The van der Waals surface area contributed by atoms with Crippen molar-refractivity contribution in [3.8, 4) is 11.7 Å². The topological polar surface area (TPSA) is 69.1 Å². The third-order valence-electron chi connectivity index (χ3n) is 1.95. The van der Waals surface area contributed by atoms with E-state index in [0.717, 1.165) is 5.69 Å². The summed E-state index contributed by atoms with van der Waals surface area (Å²) < 4.78 is 10.2. The van der Waals surface area contributed by atoms with Crippen LogP contribution in [-0.4, -0.2) is 16.4 Å². The molecule has 0 aliphatic carbocycles. The van der Waals surface area contributed by atoms with E-state index in [1.165, 1.54) is 6.20 Å². The van der Waals surface area contributed by atoms with Crippen molar-refractivity contribution in [2.75, 3.05) is 0 Å². The first-order valence-corrected chi connectivity index (χ1v) is 4.06. The van der Waals surface area contributed by atoms with Crippen LogP contribution in [0.4, 0.5) is 0 Å². The molecule has 14 heavy (non-hydrogen) atoms. The first-order chi connectivity index (χ1) is 6.72. The van der Waals surface area contributed by atoms with Gasteiger partial charge in [-0.15, -0.1) is 0 Å². The summed E-state index contributed by atoms with van der Waals surface area (Å²) in [5, 5.41) is 3.50. The summed E-state index contributed by atoms with van der Waals surface area (Å²) in [7, 11) is 0. The third-order valence-corrected chi connectivity index (χ3v) is 1.95. The molecule has 2 heterocycles. The Labute approximate surface area is 79.7 Å². The van der Waals surface area contributed by atoms with Crippen LogP contribution < -0.4 is 0 Å². The highest BCUT2D eigenvalue weighted by Crippen LogP contribution is 2.23. The molecule has 0 unspecified atom stereocenters. The zero-order valence-corrected chi connectivity index (χ0v) is 7.77. The van der Waals surface area contributed by atoms with Gasteiger partial charge in [0.25, 0.3) is 5.89 Å². The van der Waals surface area contributed by atoms with E-state index in [4.69, 9.17) is 8.94 Å². The molecule has 0 N–H and O–H groups in total. The molecule has 2 aromatic heterocycles. The van der Waals surface area contributed by atoms with Gasteiger partial charge in [-0.25, -0.2) is 4.98 Å². The Bertz CT molecular complexity index is 451. The molecule has 0 saturated carbocycles. The number of aryl methyl sites for hydroxylation is 2. The van der Waals surface area contributed by atoms with Crippen molar-refractivity contribution in [3.63, 3.8) is 0 Å². The normalized spacial score (nSPS) is 10.4. The van der Waals surface area contributed by atoms with E-state index < -0.39 is 0 Å². The number of hydrogen-bond acceptors (Lipinski definition) is 5. The summed E-state index contributed by atoms with van der Waals surface area (Å²) in [6, 6.07) is 0. The van der Waals surface area contributed by atoms with E-state index in [9.17, 15) is 4.79 Å². The quantitative estimate of drug-likeness (QED) is 0.678. The molecule has 0 atom stereocenters. The maximum absolute atomic E-state index is 10.6. The first kappa shape index (κ1) is 8.68. The summed E-state index contributed by atoms with van der Waals surface area (Å²) in [5.41, 5.74) is 1.11. The second kappa shape index (κ2) is 3.10.